The second-order valence-electron chi connectivity index (χ2n) is 4.93. The first-order valence-electron chi connectivity index (χ1n) is 5.85. The van der Waals surface area contributed by atoms with Crippen LogP contribution in [0.4, 0.5) is 0 Å². The molecule has 1 aromatic carbocycles. The van der Waals surface area contributed by atoms with Gasteiger partial charge in [0.25, 0.3) is 0 Å². The molecule has 0 amide bonds. The number of ether oxygens (including phenoxy) is 2. The highest BCUT2D eigenvalue weighted by atomic mass is 32.2. The fourth-order valence-electron chi connectivity index (χ4n) is 2.78. The van der Waals surface area contributed by atoms with E-state index in [1.807, 2.05) is 12.1 Å². The Labute approximate surface area is 116 Å². The number of rotatable bonds is 2. The largest absolute Gasteiger partial charge is 0.454 e. The molecule has 2 aliphatic rings. The van der Waals surface area contributed by atoms with Crippen molar-refractivity contribution in [3.05, 3.63) is 23.8 Å². The van der Waals surface area contributed by atoms with E-state index in [1.165, 1.54) is 0 Å². The lowest BCUT2D eigenvalue weighted by Gasteiger charge is -2.01. The number of fused-ring (bicyclic) bond motifs is 1. The average Bonchev–Trinajstić information content (AvgIpc) is 2.89. The van der Waals surface area contributed by atoms with Crippen molar-refractivity contribution in [1.82, 2.24) is 0 Å². The number of hydrogen-bond donors (Lipinski definition) is 0. The molecule has 2 unspecified atom stereocenters. The summed E-state index contributed by atoms with van der Waals surface area (Å²) in [5.74, 6) is 0.429. The van der Waals surface area contributed by atoms with Crippen molar-refractivity contribution >= 4 is 9.84 Å². The van der Waals surface area contributed by atoms with Crippen LogP contribution in [0.1, 0.15) is 11.5 Å². The first kappa shape index (κ1) is 12.8. The summed E-state index contributed by atoms with van der Waals surface area (Å²) >= 11 is 0. The van der Waals surface area contributed by atoms with Crippen LogP contribution in [-0.2, 0) is 9.84 Å². The van der Waals surface area contributed by atoms with Crippen LogP contribution in [-0.4, -0.2) is 26.7 Å². The van der Waals surface area contributed by atoms with Crippen LogP contribution in [0.2, 0.25) is 0 Å². The van der Waals surface area contributed by atoms with Crippen LogP contribution in [0, 0.1) is 28.1 Å². The molecule has 6 nitrogen and oxygen atoms in total. The van der Waals surface area contributed by atoms with Crippen LogP contribution in [0.25, 0.3) is 0 Å². The summed E-state index contributed by atoms with van der Waals surface area (Å²) in [6.07, 6.45) is 1.05. The molecule has 0 aromatic heterocycles. The van der Waals surface area contributed by atoms with Crippen LogP contribution < -0.4 is 9.47 Å². The molecule has 0 spiro atoms. The van der Waals surface area contributed by atoms with E-state index in [2.05, 4.69) is 0 Å². The number of nitrogens with zero attached hydrogens (tertiary/aromatic N) is 2. The molecule has 102 valence electrons. The Morgan fingerprint density at radius 1 is 1.25 bits per heavy atom. The molecule has 1 aliphatic carbocycles. The van der Waals surface area contributed by atoms with Crippen molar-refractivity contribution in [3.63, 3.8) is 0 Å². The summed E-state index contributed by atoms with van der Waals surface area (Å²) in [5, 5.41) is 17.5. The summed E-state index contributed by atoms with van der Waals surface area (Å²) in [6, 6.07) is 8.70. The molecule has 1 saturated carbocycles. The predicted octanol–water partition coefficient (Wildman–Crippen LogP) is 0.959. The number of sulfone groups is 1. The van der Waals surface area contributed by atoms with Crippen LogP contribution in [0.3, 0.4) is 0 Å². The SMILES string of the molecule is CS(=O)(=O)C1C(c2ccc3c(c2)OCO3)C1(C#N)C#N. The van der Waals surface area contributed by atoms with Gasteiger partial charge in [0.1, 0.15) is 5.25 Å². The first-order chi connectivity index (χ1) is 9.44. The van der Waals surface area contributed by atoms with Gasteiger partial charge < -0.3 is 9.47 Å². The molecule has 0 saturated heterocycles. The van der Waals surface area contributed by atoms with E-state index < -0.39 is 26.4 Å². The van der Waals surface area contributed by atoms with E-state index in [0.717, 1.165) is 6.26 Å². The van der Waals surface area contributed by atoms with E-state index in [1.54, 1.807) is 18.2 Å². The molecule has 0 bridgehead atoms. The van der Waals surface area contributed by atoms with E-state index in [4.69, 9.17) is 9.47 Å². The third kappa shape index (κ3) is 1.57. The van der Waals surface area contributed by atoms with Gasteiger partial charge in [0.15, 0.2) is 26.8 Å². The molecule has 7 heteroatoms. The lowest BCUT2D eigenvalue weighted by atomic mass is 10.0. The van der Waals surface area contributed by atoms with Crippen LogP contribution in [0.15, 0.2) is 18.2 Å². The standard InChI is InChI=1S/C13H10N2O4S/c1-20(16,17)12-11(13(12,5-14)6-15)8-2-3-9-10(4-8)19-7-18-9/h2-4,11-12H,7H2,1H3. The maximum Gasteiger partial charge on any atom is 0.231 e. The highest BCUT2D eigenvalue weighted by Gasteiger charge is 2.72. The van der Waals surface area contributed by atoms with Crippen LogP contribution in [0.5, 0.6) is 11.5 Å². The fraction of sp³-hybridized carbons (Fsp3) is 0.385. The lowest BCUT2D eigenvalue weighted by Crippen LogP contribution is -2.11. The Bertz CT molecular complexity index is 759. The van der Waals surface area contributed by atoms with Gasteiger partial charge in [-0.05, 0) is 17.7 Å². The summed E-state index contributed by atoms with van der Waals surface area (Å²) in [6.45, 7) is 0.112. The van der Waals surface area contributed by atoms with Crippen molar-refractivity contribution in [2.45, 2.75) is 11.2 Å². The number of nitriles is 2. The van der Waals surface area contributed by atoms with E-state index in [-0.39, 0.29) is 6.79 Å². The smallest absolute Gasteiger partial charge is 0.231 e. The molecular weight excluding hydrogens is 280 g/mol. The van der Waals surface area contributed by atoms with Crippen LogP contribution >= 0.6 is 0 Å². The fourth-order valence-corrected chi connectivity index (χ4v) is 4.49. The highest BCUT2D eigenvalue weighted by molar-refractivity contribution is 7.91. The van der Waals surface area contributed by atoms with Crippen molar-refractivity contribution in [1.29, 1.82) is 10.5 Å². The van der Waals surface area contributed by atoms with Gasteiger partial charge in [-0.2, -0.15) is 10.5 Å². The molecule has 1 aliphatic heterocycles. The maximum absolute atomic E-state index is 11.8. The lowest BCUT2D eigenvalue weighted by molar-refractivity contribution is 0.174. The van der Waals surface area contributed by atoms with Gasteiger partial charge >= 0.3 is 0 Å². The molecule has 20 heavy (non-hydrogen) atoms. The van der Waals surface area contributed by atoms with Crippen molar-refractivity contribution in [2.75, 3.05) is 13.0 Å². The highest BCUT2D eigenvalue weighted by Crippen LogP contribution is 2.62. The van der Waals surface area contributed by atoms with Gasteiger partial charge in [-0.1, -0.05) is 6.07 Å². The normalized spacial score (nSPS) is 25.6. The van der Waals surface area contributed by atoms with Gasteiger partial charge in [0.05, 0.1) is 12.1 Å². The minimum absolute atomic E-state index is 0.112. The van der Waals surface area contributed by atoms with Crippen molar-refractivity contribution in [3.8, 4) is 23.6 Å². The Morgan fingerprint density at radius 2 is 1.90 bits per heavy atom. The van der Waals surface area contributed by atoms with Gasteiger partial charge in [-0.25, -0.2) is 8.42 Å². The monoisotopic (exact) mass is 290 g/mol. The first-order valence-corrected chi connectivity index (χ1v) is 7.80. The molecule has 1 heterocycles. The Balaban J connectivity index is 2.07. The topological polar surface area (TPSA) is 100 Å². The Kier molecular flexibility index (Phi) is 2.47. The number of benzene rings is 1. The quantitative estimate of drug-likeness (QED) is 0.804. The van der Waals surface area contributed by atoms with Crippen molar-refractivity contribution in [2.24, 2.45) is 5.41 Å². The minimum Gasteiger partial charge on any atom is -0.454 e. The van der Waals surface area contributed by atoms with E-state index in [9.17, 15) is 18.9 Å². The molecule has 2 atom stereocenters. The van der Waals surface area contributed by atoms with Gasteiger partial charge in [-0.3, -0.25) is 0 Å². The number of hydrogen-bond acceptors (Lipinski definition) is 6. The zero-order chi connectivity index (χ0) is 14.5. The second kappa shape index (κ2) is 3.87. The zero-order valence-electron chi connectivity index (χ0n) is 10.5. The molecular formula is C13H10N2O4S. The maximum atomic E-state index is 11.8. The van der Waals surface area contributed by atoms with Gasteiger partial charge in [0.2, 0.25) is 6.79 Å². The average molecular weight is 290 g/mol. The molecule has 0 radical (unpaired) electrons. The minimum atomic E-state index is -3.49. The molecule has 0 N–H and O–H groups in total. The third-order valence-corrected chi connectivity index (χ3v) is 5.29. The van der Waals surface area contributed by atoms with Crippen molar-refractivity contribution < 1.29 is 17.9 Å². The summed E-state index contributed by atoms with van der Waals surface area (Å²) in [7, 11) is -3.49. The Morgan fingerprint density at radius 3 is 2.45 bits per heavy atom. The second-order valence-corrected chi connectivity index (χ2v) is 7.10. The van der Waals surface area contributed by atoms with Gasteiger partial charge in [0, 0.05) is 12.2 Å². The predicted molar refractivity (Wildman–Crippen MR) is 67.6 cm³/mol. The van der Waals surface area contributed by atoms with E-state index >= 15 is 0 Å². The molecule has 1 fully saturated rings. The molecule has 1 aromatic rings. The molecule has 3 rings (SSSR count). The summed E-state index contributed by atoms with van der Waals surface area (Å²) in [5.41, 5.74) is -0.908. The van der Waals surface area contributed by atoms with E-state index in [0.29, 0.717) is 17.1 Å². The Hall–Kier alpha value is -2.25. The third-order valence-electron chi connectivity index (χ3n) is 3.72. The zero-order valence-corrected chi connectivity index (χ0v) is 11.3. The van der Waals surface area contributed by atoms with Gasteiger partial charge in [-0.15, -0.1) is 0 Å². The summed E-state index contributed by atoms with van der Waals surface area (Å²) < 4.78 is 34.0. The summed E-state index contributed by atoms with van der Waals surface area (Å²) in [4.78, 5) is 0.